The second kappa shape index (κ2) is 6.96. The SMILES string of the molecule is CC(=O)Nc1cccc(C(=O)OCc2cccc3ccccc23)c1. The fraction of sp³-hybridized carbons (Fsp3) is 0.100. The average Bonchev–Trinajstić information content (AvgIpc) is 2.59. The Labute approximate surface area is 140 Å². The number of benzene rings is 3. The van der Waals surface area contributed by atoms with E-state index in [1.165, 1.54) is 6.92 Å². The van der Waals surface area contributed by atoms with Crippen molar-refractivity contribution in [2.24, 2.45) is 0 Å². The zero-order valence-corrected chi connectivity index (χ0v) is 13.3. The van der Waals surface area contributed by atoms with Gasteiger partial charge in [-0.1, -0.05) is 48.5 Å². The zero-order chi connectivity index (χ0) is 16.9. The molecule has 24 heavy (non-hydrogen) atoms. The van der Waals surface area contributed by atoms with Crippen LogP contribution in [0.4, 0.5) is 5.69 Å². The molecule has 0 fully saturated rings. The fourth-order valence-electron chi connectivity index (χ4n) is 2.57. The highest BCUT2D eigenvalue weighted by molar-refractivity contribution is 5.94. The van der Waals surface area contributed by atoms with E-state index < -0.39 is 5.97 Å². The van der Waals surface area contributed by atoms with Gasteiger partial charge in [-0.05, 0) is 34.5 Å². The van der Waals surface area contributed by atoms with Crippen LogP contribution in [0.3, 0.4) is 0 Å². The van der Waals surface area contributed by atoms with E-state index in [4.69, 9.17) is 4.74 Å². The maximum absolute atomic E-state index is 12.3. The Morgan fingerprint density at radius 2 is 1.71 bits per heavy atom. The van der Waals surface area contributed by atoms with Gasteiger partial charge in [-0.25, -0.2) is 4.79 Å². The molecule has 1 amide bonds. The van der Waals surface area contributed by atoms with Gasteiger partial charge >= 0.3 is 5.97 Å². The van der Waals surface area contributed by atoms with Crippen LogP contribution in [0.15, 0.2) is 66.7 Å². The van der Waals surface area contributed by atoms with Crippen molar-refractivity contribution >= 4 is 28.3 Å². The first-order valence-electron chi connectivity index (χ1n) is 7.65. The summed E-state index contributed by atoms with van der Waals surface area (Å²) in [6.45, 7) is 1.62. The molecule has 0 atom stereocenters. The molecule has 4 nitrogen and oxygen atoms in total. The van der Waals surface area contributed by atoms with E-state index in [-0.39, 0.29) is 12.5 Å². The van der Waals surface area contributed by atoms with Gasteiger partial charge < -0.3 is 10.1 Å². The molecule has 0 radical (unpaired) electrons. The Morgan fingerprint density at radius 3 is 2.54 bits per heavy atom. The molecule has 0 bridgehead atoms. The summed E-state index contributed by atoms with van der Waals surface area (Å²) in [6, 6.07) is 20.6. The number of hydrogen-bond donors (Lipinski definition) is 1. The highest BCUT2D eigenvalue weighted by Crippen LogP contribution is 2.20. The number of nitrogens with one attached hydrogen (secondary N) is 1. The molecular formula is C20H17NO3. The van der Waals surface area contributed by atoms with Crippen LogP contribution in [0.5, 0.6) is 0 Å². The van der Waals surface area contributed by atoms with E-state index in [1.807, 2.05) is 42.5 Å². The van der Waals surface area contributed by atoms with E-state index >= 15 is 0 Å². The Balaban J connectivity index is 1.74. The summed E-state index contributed by atoms with van der Waals surface area (Å²) in [5, 5.41) is 4.83. The maximum Gasteiger partial charge on any atom is 0.338 e. The topological polar surface area (TPSA) is 55.4 Å². The molecule has 3 aromatic carbocycles. The second-order valence-corrected chi connectivity index (χ2v) is 5.48. The summed E-state index contributed by atoms with van der Waals surface area (Å²) in [5.74, 6) is -0.605. The minimum atomic E-state index is -0.421. The minimum Gasteiger partial charge on any atom is -0.457 e. The molecule has 1 N–H and O–H groups in total. The van der Waals surface area contributed by atoms with Gasteiger partial charge in [0.2, 0.25) is 5.91 Å². The smallest absolute Gasteiger partial charge is 0.338 e. The van der Waals surface area contributed by atoms with Gasteiger partial charge in [-0.3, -0.25) is 4.79 Å². The Kier molecular flexibility index (Phi) is 4.57. The van der Waals surface area contributed by atoms with Crippen molar-refractivity contribution in [3.8, 4) is 0 Å². The van der Waals surface area contributed by atoms with Gasteiger partial charge in [0, 0.05) is 12.6 Å². The first-order chi connectivity index (χ1) is 11.6. The Bertz CT molecular complexity index is 897. The van der Waals surface area contributed by atoms with Crippen molar-refractivity contribution in [2.45, 2.75) is 13.5 Å². The molecular weight excluding hydrogens is 302 g/mol. The minimum absolute atomic E-state index is 0.184. The monoisotopic (exact) mass is 319 g/mol. The van der Waals surface area contributed by atoms with Crippen LogP contribution in [0, 0.1) is 0 Å². The van der Waals surface area contributed by atoms with Crippen molar-refractivity contribution in [1.29, 1.82) is 0 Å². The molecule has 0 aliphatic carbocycles. The van der Waals surface area contributed by atoms with Crippen LogP contribution in [0.2, 0.25) is 0 Å². The number of carbonyl (C=O) groups is 2. The summed E-state index contributed by atoms with van der Waals surface area (Å²) in [5.41, 5.74) is 1.93. The third kappa shape index (κ3) is 3.60. The van der Waals surface area contributed by atoms with Crippen LogP contribution >= 0.6 is 0 Å². The molecule has 3 aromatic rings. The van der Waals surface area contributed by atoms with Crippen molar-refractivity contribution in [3.05, 3.63) is 77.9 Å². The third-order valence-electron chi connectivity index (χ3n) is 3.66. The molecule has 0 saturated heterocycles. The molecule has 0 unspecified atom stereocenters. The number of esters is 1. The lowest BCUT2D eigenvalue weighted by Gasteiger charge is -2.09. The number of carbonyl (C=O) groups excluding carboxylic acids is 2. The fourth-order valence-corrected chi connectivity index (χ4v) is 2.57. The molecule has 0 aromatic heterocycles. The molecule has 0 aliphatic rings. The second-order valence-electron chi connectivity index (χ2n) is 5.48. The van der Waals surface area contributed by atoms with Crippen molar-refractivity contribution in [2.75, 3.05) is 5.32 Å². The lowest BCUT2D eigenvalue weighted by molar-refractivity contribution is -0.114. The van der Waals surface area contributed by atoms with E-state index in [0.29, 0.717) is 11.3 Å². The highest BCUT2D eigenvalue weighted by atomic mass is 16.5. The van der Waals surface area contributed by atoms with E-state index in [2.05, 4.69) is 5.32 Å². The van der Waals surface area contributed by atoms with Crippen LogP contribution in [-0.4, -0.2) is 11.9 Å². The molecule has 0 heterocycles. The van der Waals surface area contributed by atoms with E-state index in [1.54, 1.807) is 24.3 Å². The van der Waals surface area contributed by atoms with Crippen LogP contribution < -0.4 is 5.32 Å². The summed E-state index contributed by atoms with van der Waals surface area (Å²) >= 11 is 0. The summed E-state index contributed by atoms with van der Waals surface area (Å²) < 4.78 is 5.43. The van der Waals surface area contributed by atoms with Gasteiger partial charge in [0.05, 0.1) is 5.56 Å². The van der Waals surface area contributed by atoms with Crippen LogP contribution in [0.1, 0.15) is 22.8 Å². The van der Waals surface area contributed by atoms with Gasteiger partial charge in [0.1, 0.15) is 6.61 Å². The average molecular weight is 319 g/mol. The molecule has 120 valence electrons. The number of anilines is 1. The maximum atomic E-state index is 12.3. The van der Waals surface area contributed by atoms with E-state index in [9.17, 15) is 9.59 Å². The van der Waals surface area contributed by atoms with Crippen LogP contribution in [0.25, 0.3) is 10.8 Å². The van der Waals surface area contributed by atoms with Gasteiger partial charge in [-0.2, -0.15) is 0 Å². The number of fused-ring (bicyclic) bond motifs is 1. The van der Waals surface area contributed by atoms with Gasteiger partial charge in [-0.15, -0.1) is 0 Å². The predicted molar refractivity (Wildman–Crippen MR) is 93.8 cm³/mol. The Morgan fingerprint density at radius 1 is 0.958 bits per heavy atom. The summed E-state index contributed by atoms with van der Waals surface area (Å²) in [7, 11) is 0. The summed E-state index contributed by atoms with van der Waals surface area (Å²) in [6.07, 6.45) is 0. The molecule has 0 aliphatic heterocycles. The third-order valence-corrected chi connectivity index (χ3v) is 3.66. The van der Waals surface area contributed by atoms with Gasteiger partial charge in [0.15, 0.2) is 0 Å². The zero-order valence-electron chi connectivity index (χ0n) is 13.3. The normalized spacial score (nSPS) is 10.4. The standard InChI is InChI=1S/C20H17NO3/c1-14(22)21-18-10-5-8-16(12-18)20(23)24-13-17-9-4-7-15-6-2-3-11-19(15)17/h2-12H,13H2,1H3,(H,21,22). The lowest BCUT2D eigenvalue weighted by atomic mass is 10.1. The molecule has 3 rings (SSSR count). The molecule has 0 saturated carbocycles. The van der Waals surface area contributed by atoms with E-state index in [0.717, 1.165) is 16.3 Å². The number of rotatable bonds is 4. The summed E-state index contributed by atoms with van der Waals surface area (Å²) in [4.78, 5) is 23.4. The predicted octanol–water partition coefficient (Wildman–Crippen LogP) is 4.16. The van der Waals surface area contributed by atoms with Crippen LogP contribution in [-0.2, 0) is 16.1 Å². The lowest BCUT2D eigenvalue weighted by Crippen LogP contribution is -2.09. The van der Waals surface area contributed by atoms with Crippen molar-refractivity contribution in [1.82, 2.24) is 0 Å². The Hall–Kier alpha value is -3.14. The highest BCUT2D eigenvalue weighted by Gasteiger charge is 2.10. The van der Waals surface area contributed by atoms with Crippen molar-refractivity contribution in [3.63, 3.8) is 0 Å². The first kappa shape index (κ1) is 15.7. The largest absolute Gasteiger partial charge is 0.457 e. The van der Waals surface area contributed by atoms with Gasteiger partial charge in [0.25, 0.3) is 0 Å². The quantitative estimate of drug-likeness (QED) is 0.735. The molecule has 0 spiro atoms. The number of hydrogen-bond acceptors (Lipinski definition) is 3. The number of amides is 1. The molecule has 4 heteroatoms. The number of ether oxygens (including phenoxy) is 1. The van der Waals surface area contributed by atoms with Crippen molar-refractivity contribution < 1.29 is 14.3 Å². The first-order valence-corrected chi connectivity index (χ1v) is 7.65.